The number of ether oxygens (including phenoxy) is 3. The number of likely N-dealkylation sites (tertiary alicyclic amines) is 1. The van der Waals surface area contributed by atoms with E-state index in [1.165, 1.54) is 11.2 Å². The van der Waals surface area contributed by atoms with E-state index >= 15 is 0 Å². The molecule has 74 heavy (non-hydrogen) atoms. The summed E-state index contributed by atoms with van der Waals surface area (Å²) in [6.07, 6.45) is 5.64. The summed E-state index contributed by atoms with van der Waals surface area (Å²) >= 11 is 1.57. The lowest BCUT2D eigenvalue weighted by atomic mass is 9.85. The number of aliphatic hydroxyl groups excluding tert-OH is 1. The van der Waals surface area contributed by atoms with Crippen molar-refractivity contribution < 1.29 is 38.5 Å². The molecule has 20 heteroatoms. The smallest absolute Gasteiger partial charge is 0.251 e. The molecule has 1 aliphatic rings. The quantitative estimate of drug-likeness (QED) is 0.0391. The van der Waals surface area contributed by atoms with Gasteiger partial charge in [-0.2, -0.15) is 0 Å². The van der Waals surface area contributed by atoms with E-state index in [-0.39, 0.29) is 37.9 Å². The molecule has 19 nitrogen and oxygen atoms in total. The number of β-amino-alcohol motifs (C(OH)–C–C–N with tert-alkyl or cyclic N) is 1. The lowest BCUT2D eigenvalue weighted by Gasteiger charge is -2.35. The van der Waals surface area contributed by atoms with Gasteiger partial charge in [0.1, 0.15) is 36.5 Å². The highest BCUT2D eigenvalue weighted by Crippen LogP contribution is 2.29. The van der Waals surface area contributed by atoms with Gasteiger partial charge in [0.25, 0.3) is 5.91 Å². The molecule has 0 aliphatic carbocycles. The Labute approximate surface area is 435 Å². The first-order valence-electron chi connectivity index (χ1n) is 24.9. The van der Waals surface area contributed by atoms with Gasteiger partial charge in [-0.05, 0) is 91.1 Å². The Bertz CT molecular complexity index is 2760. The molecular weight excluding hydrogens is 963 g/mol. The molecule has 1 fully saturated rings. The largest absolute Gasteiger partial charge is 0.494 e. The van der Waals surface area contributed by atoms with Gasteiger partial charge in [-0.25, -0.2) is 15.0 Å². The average Bonchev–Trinajstić information content (AvgIpc) is 4.13. The number of unbranched alkanes of at least 4 members (excludes halogenated alkanes) is 2. The molecule has 1 aliphatic heterocycles. The first-order chi connectivity index (χ1) is 35.7. The Hall–Kier alpha value is -7.13. The van der Waals surface area contributed by atoms with Crippen LogP contribution in [0.1, 0.15) is 85.9 Å². The number of rotatable bonds is 26. The van der Waals surface area contributed by atoms with Crippen LogP contribution in [0.3, 0.4) is 0 Å². The Kier molecular flexibility index (Phi) is 19.7. The zero-order valence-electron chi connectivity index (χ0n) is 42.7. The average molecular weight is 1030 g/mol. The fourth-order valence-electron chi connectivity index (χ4n) is 8.29. The third-order valence-electron chi connectivity index (χ3n) is 12.5. The summed E-state index contributed by atoms with van der Waals surface area (Å²) in [6.45, 7) is 10.2. The van der Waals surface area contributed by atoms with Gasteiger partial charge in [0.15, 0.2) is 11.6 Å². The van der Waals surface area contributed by atoms with Crippen molar-refractivity contribution in [3.8, 4) is 27.7 Å². The maximum absolute atomic E-state index is 14.0. The number of carbonyl (C=O) groups excluding carboxylic acids is 4. The minimum Gasteiger partial charge on any atom is -0.494 e. The Morgan fingerprint density at radius 2 is 1.57 bits per heavy atom. The maximum Gasteiger partial charge on any atom is 0.251 e. The number of hydrogen-bond donors (Lipinski definition) is 5. The van der Waals surface area contributed by atoms with Gasteiger partial charge in [-0.15, -0.1) is 21.5 Å². The lowest BCUT2D eigenvalue weighted by molar-refractivity contribution is -0.144. The Morgan fingerprint density at radius 1 is 0.838 bits per heavy atom. The molecular formula is C54H67N11O8S. The van der Waals surface area contributed by atoms with Crippen LogP contribution >= 0.6 is 11.3 Å². The van der Waals surface area contributed by atoms with E-state index in [0.29, 0.717) is 68.8 Å². The van der Waals surface area contributed by atoms with Gasteiger partial charge in [0, 0.05) is 70.4 Å². The van der Waals surface area contributed by atoms with Crippen molar-refractivity contribution >= 4 is 40.7 Å². The van der Waals surface area contributed by atoms with Crippen molar-refractivity contribution in [2.75, 3.05) is 44.9 Å². The van der Waals surface area contributed by atoms with Crippen molar-refractivity contribution in [2.24, 2.45) is 12.5 Å². The number of nitrogens with zero attached hydrogens (tertiary/aromatic N) is 7. The number of aromatic nitrogens is 6. The zero-order valence-corrected chi connectivity index (χ0v) is 43.5. The molecule has 0 radical (unpaired) electrons. The molecule has 7 rings (SSSR count). The predicted octanol–water partition coefficient (Wildman–Crippen LogP) is 6.03. The third-order valence-corrected chi connectivity index (χ3v) is 13.4. The summed E-state index contributed by atoms with van der Waals surface area (Å²) in [5, 5.41) is 31.2. The van der Waals surface area contributed by atoms with Crippen LogP contribution in [0.4, 0.5) is 5.69 Å². The first kappa shape index (κ1) is 54.6. The molecule has 0 unspecified atom stereocenters. The summed E-state index contributed by atoms with van der Waals surface area (Å²) in [7, 11) is 1.88. The maximum atomic E-state index is 14.0. The number of carbonyl (C=O) groups is 4. The topological polar surface area (TPSA) is 237 Å². The van der Waals surface area contributed by atoms with Gasteiger partial charge in [0.05, 0.1) is 35.3 Å². The van der Waals surface area contributed by atoms with Crippen LogP contribution in [-0.2, 0) is 50.5 Å². The molecule has 5 N–H and O–H groups in total. The van der Waals surface area contributed by atoms with E-state index in [0.717, 1.165) is 58.0 Å². The lowest BCUT2D eigenvalue weighted by Crippen LogP contribution is -2.58. The van der Waals surface area contributed by atoms with Crippen LogP contribution in [0, 0.1) is 12.3 Å². The van der Waals surface area contributed by atoms with E-state index in [1.807, 2.05) is 105 Å². The molecule has 0 spiro atoms. The summed E-state index contributed by atoms with van der Waals surface area (Å²) in [5.41, 5.74) is 6.99. The Morgan fingerprint density at radius 3 is 2.30 bits per heavy atom. The summed E-state index contributed by atoms with van der Waals surface area (Å²) in [5.74, 6) is 0.686. The summed E-state index contributed by atoms with van der Waals surface area (Å²) in [4.78, 5) is 68.4. The zero-order chi connectivity index (χ0) is 52.5. The van der Waals surface area contributed by atoms with Crippen molar-refractivity contribution in [1.82, 2.24) is 50.6 Å². The molecule has 3 aromatic carbocycles. The van der Waals surface area contributed by atoms with Crippen LogP contribution in [0.15, 0.2) is 96.9 Å². The molecule has 3 aromatic heterocycles. The summed E-state index contributed by atoms with van der Waals surface area (Å²) < 4.78 is 19.2. The van der Waals surface area contributed by atoms with E-state index in [1.54, 1.807) is 35.7 Å². The fraction of sp³-hybridized carbons (Fsp3) is 0.426. The van der Waals surface area contributed by atoms with Gasteiger partial charge in [0.2, 0.25) is 17.7 Å². The van der Waals surface area contributed by atoms with Crippen LogP contribution in [0.25, 0.3) is 22.0 Å². The molecule has 1 saturated heterocycles. The first-order valence-corrected chi connectivity index (χ1v) is 25.8. The second-order valence-electron chi connectivity index (χ2n) is 19.2. The Balaban J connectivity index is 0.715. The fourth-order valence-corrected chi connectivity index (χ4v) is 9.10. The predicted molar refractivity (Wildman–Crippen MR) is 281 cm³/mol. The number of hydrogen-bond acceptors (Lipinski definition) is 15. The SMILES string of the molecule is Cc1ncsc1-c1ccc(CNC(=O)[C@@H]2C[C@@H](O)CN2C(=O)[C@@H](NC(=O)COCCCOCCCCCOc2ccc(CNC(=O)c3cccc(NCc4nnc(-c5ccncn5)n4C)c3)cc2)C(C)(C)C)cc1. The van der Waals surface area contributed by atoms with Gasteiger partial charge >= 0.3 is 0 Å². The molecule has 4 amide bonds. The minimum absolute atomic E-state index is 0.00734. The standard InChI is InChI=1S/C54H67N11O8S/c1-36-48(74-35-60-36)39-17-13-37(14-18-39)30-58-52(69)45-28-42(66)32-65(45)53(70)49(54(2,3)4)61-47(67)33-72-25-10-24-71-23-7-6-8-26-73-43-19-15-38(16-20-43)29-57-51(68)40-11-9-12-41(27-40)56-31-46-62-63-50(64(46)5)44-21-22-55-34-59-44/h9,11-22,27,34-35,42,45,49,56,66H,6-8,10,23-26,28-33H2,1-5H3,(H,57,68)(H,58,69)(H,61,67)/t42-,45+,49-/m1/s1. The summed E-state index contributed by atoms with van der Waals surface area (Å²) in [6, 6.07) is 22.8. The van der Waals surface area contributed by atoms with E-state index < -0.39 is 35.4 Å². The highest BCUT2D eigenvalue weighted by molar-refractivity contribution is 7.13. The number of amides is 4. The number of anilines is 1. The monoisotopic (exact) mass is 1030 g/mol. The van der Waals surface area contributed by atoms with Crippen LogP contribution in [0.2, 0.25) is 0 Å². The van der Waals surface area contributed by atoms with Crippen molar-refractivity contribution in [3.63, 3.8) is 0 Å². The molecule has 0 saturated carbocycles. The molecule has 392 valence electrons. The van der Waals surface area contributed by atoms with Crippen LogP contribution < -0.4 is 26.0 Å². The molecule has 6 aromatic rings. The van der Waals surface area contributed by atoms with Crippen molar-refractivity contribution in [2.45, 2.75) is 97.6 Å². The van der Waals surface area contributed by atoms with Crippen molar-refractivity contribution in [1.29, 1.82) is 0 Å². The third kappa shape index (κ3) is 15.7. The number of aryl methyl sites for hydroxylation is 1. The van der Waals surface area contributed by atoms with Crippen molar-refractivity contribution in [3.05, 3.63) is 125 Å². The highest BCUT2D eigenvalue weighted by atomic mass is 32.1. The van der Waals surface area contributed by atoms with Gasteiger partial charge in [-0.1, -0.05) is 63.2 Å². The van der Waals surface area contributed by atoms with E-state index in [9.17, 15) is 24.3 Å². The number of benzene rings is 3. The van der Waals surface area contributed by atoms with Crippen LogP contribution in [-0.4, -0.2) is 121 Å². The molecule has 3 atom stereocenters. The van der Waals surface area contributed by atoms with Gasteiger partial charge in [-0.3, -0.25) is 19.2 Å². The van der Waals surface area contributed by atoms with Crippen LogP contribution in [0.5, 0.6) is 5.75 Å². The normalized spacial score (nSPS) is 14.9. The highest BCUT2D eigenvalue weighted by Gasteiger charge is 2.44. The number of aliphatic hydroxyl groups is 1. The number of nitrogens with one attached hydrogen (secondary N) is 4. The van der Waals surface area contributed by atoms with Gasteiger partial charge < -0.3 is 50.1 Å². The second kappa shape index (κ2) is 26.7. The van der Waals surface area contributed by atoms with E-state index in [4.69, 9.17) is 14.2 Å². The molecule has 0 bridgehead atoms. The molecule has 4 heterocycles. The van der Waals surface area contributed by atoms with E-state index in [2.05, 4.69) is 46.4 Å². The minimum atomic E-state index is -0.946. The second-order valence-corrected chi connectivity index (χ2v) is 20.1. The number of thiazole rings is 1.